The largest absolute Gasteiger partial charge is 0.329 e. The number of nitrogens with zero attached hydrogens (tertiary/aromatic N) is 3. The van der Waals surface area contributed by atoms with Gasteiger partial charge in [-0.3, -0.25) is 9.58 Å². The molecule has 1 unspecified atom stereocenters. The fourth-order valence-corrected chi connectivity index (χ4v) is 2.80. The highest BCUT2D eigenvalue weighted by Gasteiger charge is 2.28. The van der Waals surface area contributed by atoms with E-state index in [1.807, 2.05) is 11.7 Å². The summed E-state index contributed by atoms with van der Waals surface area (Å²) in [6, 6.07) is 0.276. The van der Waals surface area contributed by atoms with E-state index in [9.17, 15) is 0 Å². The molecule has 1 aromatic heterocycles. The smallest absolute Gasteiger partial charge is 0.0726 e. The molecule has 0 aromatic carbocycles. The van der Waals surface area contributed by atoms with Crippen molar-refractivity contribution >= 4 is 0 Å². The van der Waals surface area contributed by atoms with E-state index in [1.165, 1.54) is 11.3 Å². The summed E-state index contributed by atoms with van der Waals surface area (Å²) < 4.78 is 1.93. The molecule has 1 heterocycles. The van der Waals surface area contributed by atoms with Crippen LogP contribution in [0.15, 0.2) is 6.20 Å². The molecule has 0 amide bonds. The highest BCUT2D eigenvalue weighted by Crippen LogP contribution is 2.31. The molecule has 20 heavy (non-hydrogen) atoms. The highest BCUT2D eigenvalue weighted by molar-refractivity contribution is 5.28. The van der Waals surface area contributed by atoms with Crippen LogP contribution in [0.1, 0.15) is 64.8 Å². The van der Waals surface area contributed by atoms with E-state index in [0.717, 1.165) is 25.9 Å². The second-order valence-electron chi connectivity index (χ2n) is 6.64. The maximum atomic E-state index is 6.11. The van der Waals surface area contributed by atoms with E-state index >= 15 is 0 Å². The molecule has 1 aromatic rings. The number of rotatable bonds is 7. The Hall–Kier alpha value is -0.870. The lowest BCUT2D eigenvalue weighted by Crippen LogP contribution is -2.36. The number of hydrogen-bond acceptors (Lipinski definition) is 3. The zero-order valence-electron chi connectivity index (χ0n) is 14.1. The summed E-state index contributed by atoms with van der Waals surface area (Å²) >= 11 is 0. The minimum Gasteiger partial charge on any atom is -0.329 e. The van der Waals surface area contributed by atoms with Crippen LogP contribution in [0.4, 0.5) is 0 Å². The first-order valence-electron chi connectivity index (χ1n) is 7.83. The second kappa shape index (κ2) is 7.23. The van der Waals surface area contributed by atoms with Crippen LogP contribution >= 0.6 is 0 Å². The lowest BCUT2D eigenvalue weighted by Gasteiger charge is -2.32. The molecule has 0 saturated heterocycles. The summed E-state index contributed by atoms with van der Waals surface area (Å²) in [6.45, 7) is 13.9. The average molecular weight is 280 g/mol. The molecule has 0 saturated carbocycles. The van der Waals surface area contributed by atoms with Crippen molar-refractivity contribution < 1.29 is 0 Å². The van der Waals surface area contributed by atoms with Crippen LogP contribution in [-0.2, 0) is 12.5 Å². The van der Waals surface area contributed by atoms with Gasteiger partial charge in [-0.05, 0) is 25.9 Å². The third-order valence-corrected chi connectivity index (χ3v) is 3.61. The molecule has 0 aliphatic rings. The van der Waals surface area contributed by atoms with Crippen molar-refractivity contribution in [3.63, 3.8) is 0 Å². The van der Waals surface area contributed by atoms with E-state index in [0.29, 0.717) is 6.54 Å². The lowest BCUT2D eigenvalue weighted by atomic mass is 9.87. The number of nitrogens with two attached hydrogens (primary N) is 1. The van der Waals surface area contributed by atoms with Gasteiger partial charge in [0.05, 0.1) is 11.7 Å². The molecule has 4 heteroatoms. The van der Waals surface area contributed by atoms with Gasteiger partial charge in [0.2, 0.25) is 0 Å². The number of aromatic nitrogens is 2. The Labute approximate surface area is 124 Å². The predicted molar refractivity (Wildman–Crippen MR) is 85.9 cm³/mol. The second-order valence-corrected chi connectivity index (χ2v) is 6.64. The Morgan fingerprint density at radius 1 is 1.25 bits per heavy atom. The minimum atomic E-state index is 0.0497. The van der Waals surface area contributed by atoms with Crippen molar-refractivity contribution in [3.8, 4) is 0 Å². The monoisotopic (exact) mass is 280 g/mol. The fourth-order valence-electron chi connectivity index (χ4n) is 2.80. The van der Waals surface area contributed by atoms with Gasteiger partial charge >= 0.3 is 0 Å². The van der Waals surface area contributed by atoms with Crippen LogP contribution in [0.5, 0.6) is 0 Å². The van der Waals surface area contributed by atoms with E-state index in [-0.39, 0.29) is 11.5 Å². The zero-order chi connectivity index (χ0) is 15.3. The third-order valence-electron chi connectivity index (χ3n) is 3.61. The molecule has 0 aliphatic carbocycles. The van der Waals surface area contributed by atoms with Crippen molar-refractivity contribution in [1.29, 1.82) is 0 Å². The minimum absolute atomic E-state index is 0.0497. The van der Waals surface area contributed by atoms with E-state index < -0.39 is 0 Å². The van der Waals surface area contributed by atoms with Gasteiger partial charge in [-0.1, -0.05) is 34.6 Å². The Bertz CT molecular complexity index is 397. The molecule has 0 spiro atoms. The van der Waals surface area contributed by atoms with Crippen LogP contribution in [0.2, 0.25) is 0 Å². The summed E-state index contributed by atoms with van der Waals surface area (Å²) in [7, 11) is 2.00. The molecule has 0 bridgehead atoms. The molecular weight excluding hydrogens is 248 g/mol. The van der Waals surface area contributed by atoms with Crippen molar-refractivity contribution in [2.45, 2.75) is 58.9 Å². The standard InChI is InChI=1S/C16H32N4/c1-7-9-20(10-8-2)14(11-17)13-12-19(6)18-15(13)16(3,4)5/h12,14H,7-11,17H2,1-6H3. The first kappa shape index (κ1) is 17.2. The molecule has 4 nitrogen and oxygen atoms in total. The summed E-state index contributed by atoms with van der Waals surface area (Å²) in [5.74, 6) is 0. The molecule has 2 N–H and O–H groups in total. The molecule has 1 rings (SSSR count). The van der Waals surface area contributed by atoms with Crippen LogP contribution < -0.4 is 5.73 Å². The van der Waals surface area contributed by atoms with Gasteiger partial charge in [0.25, 0.3) is 0 Å². The maximum Gasteiger partial charge on any atom is 0.0726 e. The summed E-state index contributed by atoms with van der Waals surface area (Å²) in [6.07, 6.45) is 4.46. The number of hydrogen-bond donors (Lipinski definition) is 1. The van der Waals surface area contributed by atoms with Crippen molar-refractivity contribution in [2.75, 3.05) is 19.6 Å². The van der Waals surface area contributed by atoms with E-state index in [4.69, 9.17) is 5.73 Å². The van der Waals surface area contributed by atoms with Gasteiger partial charge in [0.15, 0.2) is 0 Å². The predicted octanol–water partition coefficient (Wildman–Crippen LogP) is 2.84. The van der Waals surface area contributed by atoms with Crippen LogP contribution in [0, 0.1) is 0 Å². The molecular formula is C16H32N4. The first-order chi connectivity index (χ1) is 9.35. The Morgan fingerprint density at radius 3 is 2.20 bits per heavy atom. The summed E-state index contributed by atoms with van der Waals surface area (Å²) in [5.41, 5.74) is 8.63. The van der Waals surface area contributed by atoms with Crippen LogP contribution in [0.3, 0.4) is 0 Å². The molecule has 0 aliphatic heterocycles. The van der Waals surface area contributed by atoms with E-state index in [2.05, 4.69) is 50.8 Å². The first-order valence-corrected chi connectivity index (χ1v) is 7.83. The van der Waals surface area contributed by atoms with Crippen molar-refractivity contribution in [2.24, 2.45) is 12.8 Å². The van der Waals surface area contributed by atoms with Crippen LogP contribution in [-0.4, -0.2) is 34.3 Å². The van der Waals surface area contributed by atoms with Gasteiger partial charge in [0.1, 0.15) is 0 Å². The number of aryl methyl sites for hydroxylation is 1. The van der Waals surface area contributed by atoms with Crippen molar-refractivity contribution in [3.05, 3.63) is 17.5 Å². The molecule has 0 fully saturated rings. The third kappa shape index (κ3) is 4.06. The summed E-state index contributed by atoms with van der Waals surface area (Å²) in [4.78, 5) is 2.51. The zero-order valence-corrected chi connectivity index (χ0v) is 14.1. The maximum absolute atomic E-state index is 6.11. The summed E-state index contributed by atoms with van der Waals surface area (Å²) in [5, 5.41) is 4.69. The van der Waals surface area contributed by atoms with Gasteiger partial charge in [0, 0.05) is 30.8 Å². The molecule has 0 radical (unpaired) electrons. The Balaban J connectivity index is 3.16. The van der Waals surface area contributed by atoms with Crippen LogP contribution in [0.25, 0.3) is 0 Å². The molecule has 116 valence electrons. The Kier molecular flexibility index (Phi) is 6.21. The quantitative estimate of drug-likeness (QED) is 0.835. The van der Waals surface area contributed by atoms with Gasteiger partial charge in [-0.25, -0.2) is 0 Å². The van der Waals surface area contributed by atoms with Gasteiger partial charge in [-0.15, -0.1) is 0 Å². The van der Waals surface area contributed by atoms with E-state index in [1.54, 1.807) is 0 Å². The Morgan fingerprint density at radius 2 is 1.80 bits per heavy atom. The normalized spacial score (nSPS) is 14.0. The topological polar surface area (TPSA) is 47.1 Å². The molecule has 1 atom stereocenters. The van der Waals surface area contributed by atoms with Crippen molar-refractivity contribution in [1.82, 2.24) is 14.7 Å². The lowest BCUT2D eigenvalue weighted by molar-refractivity contribution is 0.200. The average Bonchev–Trinajstić information content (AvgIpc) is 2.73. The fraction of sp³-hybridized carbons (Fsp3) is 0.812. The SMILES string of the molecule is CCCN(CCC)C(CN)c1cn(C)nc1C(C)(C)C. The highest BCUT2D eigenvalue weighted by atomic mass is 15.3. The van der Waals surface area contributed by atoms with Gasteiger partial charge < -0.3 is 5.73 Å². The van der Waals surface area contributed by atoms with Gasteiger partial charge in [-0.2, -0.15) is 5.10 Å².